The summed E-state index contributed by atoms with van der Waals surface area (Å²) in [6, 6.07) is 0. The maximum absolute atomic E-state index is 10.6. The molecule has 0 aromatic heterocycles. The SMILES string of the molecule is C[C@H]1C[C@]23C4=CCCN2CCC[C@@H]3[C@H](O)[C@@H](O)[C@@H]4[C@@H]1O. The van der Waals surface area contributed by atoms with Crippen LogP contribution in [0.4, 0.5) is 0 Å². The molecule has 4 nitrogen and oxygen atoms in total. The van der Waals surface area contributed by atoms with E-state index in [1.807, 2.05) is 0 Å². The fraction of sp³-hybridized carbons (Fsp3) is 0.875. The predicted molar refractivity (Wildman–Crippen MR) is 75.0 cm³/mol. The van der Waals surface area contributed by atoms with Gasteiger partial charge in [-0.15, -0.1) is 0 Å². The highest BCUT2D eigenvalue weighted by molar-refractivity contribution is 5.37. The first-order chi connectivity index (χ1) is 9.57. The first-order valence-electron chi connectivity index (χ1n) is 8.07. The van der Waals surface area contributed by atoms with Gasteiger partial charge < -0.3 is 15.3 Å². The minimum absolute atomic E-state index is 0.0849. The fourth-order valence-corrected chi connectivity index (χ4v) is 5.70. The number of nitrogens with zero attached hydrogens (tertiary/aromatic N) is 1. The van der Waals surface area contributed by atoms with Crippen molar-refractivity contribution in [3.63, 3.8) is 0 Å². The highest BCUT2D eigenvalue weighted by Crippen LogP contribution is 2.58. The van der Waals surface area contributed by atoms with E-state index in [0.717, 1.165) is 38.8 Å². The van der Waals surface area contributed by atoms with Crippen molar-refractivity contribution in [1.29, 1.82) is 0 Å². The Morgan fingerprint density at radius 2 is 1.95 bits per heavy atom. The second kappa shape index (κ2) is 4.29. The van der Waals surface area contributed by atoms with Gasteiger partial charge in [0.2, 0.25) is 0 Å². The third kappa shape index (κ3) is 1.41. The molecule has 4 rings (SSSR count). The molecule has 0 amide bonds. The number of rotatable bonds is 0. The topological polar surface area (TPSA) is 63.9 Å². The van der Waals surface area contributed by atoms with E-state index in [9.17, 15) is 15.3 Å². The standard InChI is InChI=1S/C16H25NO3/c1-9-8-16-10-4-2-6-17(16)7-3-5-11(16)14(19)15(20)12(10)13(9)18/h4,9,11-15,18-20H,2-3,5-8H2,1H3/t9-,11+,12-,13+,14-,15-,16+/m0/s1. The van der Waals surface area contributed by atoms with Gasteiger partial charge in [-0.1, -0.05) is 13.0 Å². The summed E-state index contributed by atoms with van der Waals surface area (Å²) in [5.41, 5.74) is 1.15. The van der Waals surface area contributed by atoms with Gasteiger partial charge in [0.1, 0.15) is 0 Å². The molecular weight excluding hydrogens is 254 g/mol. The Morgan fingerprint density at radius 3 is 2.75 bits per heavy atom. The molecule has 1 saturated heterocycles. The molecule has 4 heteroatoms. The molecule has 0 aromatic rings. The minimum atomic E-state index is -0.810. The van der Waals surface area contributed by atoms with Crippen LogP contribution in [-0.2, 0) is 0 Å². The highest BCUT2D eigenvalue weighted by atomic mass is 16.3. The molecule has 0 unspecified atom stereocenters. The second-order valence-corrected chi connectivity index (χ2v) is 7.29. The zero-order valence-corrected chi connectivity index (χ0v) is 12.1. The van der Waals surface area contributed by atoms with Crippen LogP contribution in [0.3, 0.4) is 0 Å². The van der Waals surface area contributed by atoms with E-state index in [2.05, 4.69) is 17.9 Å². The summed E-state index contributed by atoms with van der Waals surface area (Å²) in [7, 11) is 0. The van der Waals surface area contributed by atoms with Gasteiger partial charge in [0, 0.05) is 23.9 Å². The Kier molecular flexibility index (Phi) is 2.84. The van der Waals surface area contributed by atoms with E-state index in [1.165, 1.54) is 5.57 Å². The molecule has 3 fully saturated rings. The van der Waals surface area contributed by atoms with E-state index in [-0.39, 0.29) is 23.3 Å². The van der Waals surface area contributed by atoms with Crippen molar-refractivity contribution in [1.82, 2.24) is 4.90 Å². The van der Waals surface area contributed by atoms with Crippen LogP contribution in [-0.4, -0.2) is 57.2 Å². The third-order valence-corrected chi connectivity index (χ3v) is 6.46. The molecule has 4 aliphatic rings. The lowest BCUT2D eigenvalue weighted by Crippen LogP contribution is -2.73. The number of hydrogen-bond donors (Lipinski definition) is 3. The Balaban J connectivity index is 1.90. The lowest BCUT2D eigenvalue weighted by atomic mass is 9.50. The molecule has 7 atom stereocenters. The molecule has 2 saturated carbocycles. The van der Waals surface area contributed by atoms with Crippen LogP contribution >= 0.6 is 0 Å². The lowest BCUT2D eigenvalue weighted by molar-refractivity contribution is -0.187. The van der Waals surface area contributed by atoms with E-state index < -0.39 is 18.3 Å². The van der Waals surface area contributed by atoms with Crippen molar-refractivity contribution in [2.45, 2.75) is 56.5 Å². The molecule has 0 radical (unpaired) electrons. The van der Waals surface area contributed by atoms with Crippen LogP contribution in [0.2, 0.25) is 0 Å². The molecule has 2 heterocycles. The first kappa shape index (κ1) is 13.3. The van der Waals surface area contributed by atoms with Crippen LogP contribution in [0.1, 0.15) is 32.6 Å². The van der Waals surface area contributed by atoms with Gasteiger partial charge in [0.25, 0.3) is 0 Å². The van der Waals surface area contributed by atoms with Crippen LogP contribution < -0.4 is 0 Å². The first-order valence-corrected chi connectivity index (χ1v) is 8.07. The average Bonchev–Trinajstić information content (AvgIpc) is 2.44. The van der Waals surface area contributed by atoms with Crippen LogP contribution in [0.25, 0.3) is 0 Å². The highest BCUT2D eigenvalue weighted by Gasteiger charge is 2.64. The Morgan fingerprint density at radius 1 is 1.15 bits per heavy atom. The van der Waals surface area contributed by atoms with Gasteiger partial charge >= 0.3 is 0 Å². The Bertz CT molecular complexity index is 451. The minimum Gasteiger partial charge on any atom is -0.392 e. The summed E-state index contributed by atoms with van der Waals surface area (Å²) in [6.45, 7) is 4.23. The van der Waals surface area contributed by atoms with Gasteiger partial charge in [-0.3, -0.25) is 4.90 Å². The monoisotopic (exact) mass is 279 g/mol. The van der Waals surface area contributed by atoms with Crippen molar-refractivity contribution >= 4 is 0 Å². The smallest absolute Gasteiger partial charge is 0.0893 e. The van der Waals surface area contributed by atoms with Crippen LogP contribution in [0.5, 0.6) is 0 Å². The van der Waals surface area contributed by atoms with E-state index in [1.54, 1.807) is 0 Å². The van der Waals surface area contributed by atoms with Gasteiger partial charge in [0.05, 0.1) is 18.3 Å². The maximum atomic E-state index is 10.6. The van der Waals surface area contributed by atoms with E-state index in [4.69, 9.17) is 0 Å². The molecule has 2 aliphatic heterocycles. The van der Waals surface area contributed by atoms with Crippen molar-refractivity contribution in [2.24, 2.45) is 17.8 Å². The van der Waals surface area contributed by atoms with Crippen molar-refractivity contribution in [3.8, 4) is 0 Å². The molecule has 1 spiro atoms. The largest absolute Gasteiger partial charge is 0.392 e. The zero-order valence-electron chi connectivity index (χ0n) is 12.1. The van der Waals surface area contributed by atoms with Crippen LogP contribution in [0.15, 0.2) is 11.6 Å². The summed E-state index contributed by atoms with van der Waals surface area (Å²) in [4.78, 5) is 2.54. The summed E-state index contributed by atoms with van der Waals surface area (Å²) < 4.78 is 0. The summed E-state index contributed by atoms with van der Waals surface area (Å²) in [5, 5.41) is 31.7. The van der Waals surface area contributed by atoms with Gasteiger partial charge in [-0.25, -0.2) is 0 Å². The maximum Gasteiger partial charge on any atom is 0.0893 e. The van der Waals surface area contributed by atoms with Gasteiger partial charge in [-0.2, -0.15) is 0 Å². The molecule has 0 aromatic carbocycles. The summed E-state index contributed by atoms with van der Waals surface area (Å²) in [6.07, 6.45) is 4.24. The van der Waals surface area contributed by atoms with Crippen molar-refractivity contribution in [2.75, 3.05) is 13.1 Å². The third-order valence-electron chi connectivity index (χ3n) is 6.46. The number of piperidine rings is 1. The second-order valence-electron chi connectivity index (χ2n) is 7.29. The van der Waals surface area contributed by atoms with Gasteiger partial charge in [-0.05, 0) is 43.7 Å². The lowest BCUT2D eigenvalue weighted by Gasteiger charge is -2.66. The molecule has 20 heavy (non-hydrogen) atoms. The number of aliphatic hydroxyl groups excluding tert-OH is 3. The summed E-state index contributed by atoms with van der Waals surface area (Å²) >= 11 is 0. The Hall–Kier alpha value is -0.420. The zero-order chi connectivity index (χ0) is 14.1. The van der Waals surface area contributed by atoms with Crippen molar-refractivity contribution in [3.05, 3.63) is 11.6 Å². The Labute approximate surface area is 120 Å². The fourth-order valence-electron chi connectivity index (χ4n) is 5.70. The number of hydrogen-bond acceptors (Lipinski definition) is 4. The molecule has 3 N–H and O–H groups in total. The van der Waals surface area contributed by atoms with Crippen LogP contribution in [0, 0.1) is 17.8 Å². The molecule has 112 valence electrons. The van der Waals surface area contributed by atoms with E-state index >= 15 is 0 Å². The molecule has 2 bridgehead atoms. The quantitative estimate of drug-likeness (QED) is 0.566. The van der Waals surface area contributed by atoms with Crippen molar-refractivity contribution < 1.29 is 15.3 Å². The number of aliphatic hydroxyl groups is 3. The van der Waals surface area contributed by atoms with Gasteiger partial charge in [0.15, 0.2) is 0 Å². The predicted octanol–water partition coefficient (Wildman–Crippen LogP) is 0.520. The summed E-state index contributed by atoms with van der Waals surface area (Å²) in [5.74, 6) is 0.0374. The molecular formula is C16H25NO3. The molecule has 2 aliphatic carbocycles. The van der Waals surface area contributed by atoms with E-state index in [0.29, 0.717) is 0 Å². The average molecular weight is 279 g/mol. The normalized spacial score (nSPS) is 55.1.